The second-order valence-electron chi connectivity index (χ2n) is 18.4. The van der Waals surface area contributed by atoms with Gasteiger partial charge >= 0.3 is 17.9 Å². The van der Waals surface area contributed by atoms with Crippen LogP contribution in [0.5, 0.6) is 0 Å². The zero-order valence-electron chi connectivity index (χ0n) is 35.5. The Balaban J connectivity index is 1.24. The highest BCUT2D eigenvalue weighted by atomic mass is 16.7. The maximum Gasteiger partial charge on any atom is 0.338 e. The van der Waals surface area contributed by atoms with E-state index < -0.39 is 107 Å². The number of ether oxygens (including phenoxy) is 6. The van der Waals surface area contributed by atoms with Gasteiger partial charge < -0.3 is 44.0 Å². The van der Waals surface area contributed by atoms with Crippen LogP contribution in [0.25, 0.3) is 0 Å². The molecule has 8 rings (SSSR count). The quantitative estimate of drug-likeness (QED) is 0.138. The largest absolute Gasteiger partial charge is 0.458 e. The first-order valence-corrected chi connectivity index (χ1v) is 21.0. The number of hydrogen-bond acceptors (Lipinski definition) is 12. The Morgan fingerprint density at radius 2 is 1.41 bits per heavy atom. The standard InChI is InChI=1S/C48H55NO12/c1-26-32(57-44(55)38(52)36(28-17-11-8-12-18-28)49-42(53)29-19-13-9-14-20-29)23-31-39(58-43(54)30-21-15-10-16-22-30)40-47(7)33(24-34-48(40,25-56-34)59-27(2)50)60-46(5,6)61-41(47)37(51)35(26)45(31,3)4/h8-22,31-34,36-41,51-52H,23-25H2,1-7H3,(H,49,53)/t31-,32-,33-,34+,36-,37+,38+,39-,40-,41-,47+,48-/m0/s1. The Bertz CT molecular complexity index is 2190. The fraction of sp³-hybridized carbons (Fsp3) is 0.500. The average Bonchev–Trinajstić information content (AvgIpc) is 3.22. The molecule has 2 saturated carbocycles. The van der Waals surface area contributed by atoms with Gasteiger partial charge in [0.1, 0.15) is 24.4 Å². The molecule has 2 saturated heterocycles. The van der Waals surface area contributed by atoms with E-state index in [-0.39, 0.29) is 13.0 Å². The van der Waals surface area contributed by atoms with E-state index in [9.17, 15) is 29.4 Å². The summed E-state index contributed by atoms with van der Waals surface area (Å²) in [4.78, 5) is 55.3. The van der Waals surface area contributed by atoms with Crippen molar-refractivity contribution < 1.29 is 57.8 Å². The number of fused-ring (bicyclic) bond motifs is 4. The lowest BCUT2D eigenvalue weighted by atomic mass is 9.45. The second-order valence-corrected chi connectivity index (χ2v) is 18.4. The summed E-state index contributed by atoms with van der Waals surface area (Å²) in [7, 11) is 0. The lowest BCUT2D eigenvalue weighted by Crippen LogP contribution is -2.82. The number of esters is 3. The molecule has 0 radical (unpaired) electrons. The number of benzene rings is 3. The summed E-state index contributed by atoms with van der Waals surface area (Å²) in [6.45, 7) is 12.5. The summed E-state index contributed by atoms with van der Waals surface area (Å²) in [6.07, 6.45) is -7.07. The SMILES string of the molecule is CC(=O)O[C@@]12CO[C@@H]1C[C@@H]1OC(C)(C)O[C@H]3[C@H](O)C4=C(C)[C@@H](OC(=O)[C@H](O)[C@@H](NC(=O)c5ccccc5)c5ccccc5)C[C@@H]([C@H](OC(=O)c5ccccc5)[C@H]2[C@@]13C)C4(C)C. The number of carbonyl (C=O) groups is 4. The van der Waals surface area contributed by atoms with Gasteiger partial charge in [-0.2, -0.15) is 0 Å². The van der Waals surface area contributed by atoms with Gasteiger partial charge in [-0.25, -0.2) is 9.59 Å². The van der Waals surface area contributed by atoms with E-state index in [2.05, 4.69) is 5.32 Å². The third-order valence-corrected chi connectivity index (χ3v) is 14.0. The number of aliphatic hydroxyl groups is 2. The lowest BCUT2D eigenvalue weighted by molar-refractivity contribution is -0.425. The van der Waals surface area contributed by atoms with Gasteiger partial charge in [-0.1, -0.05) is 87.5 Å². The molecule has 3 aromatic carbocycles. The van der Waals surface area contributed by atoms with Crippen molar-refractivity contribution in [1.82, 2.24) is 5.32 Å². The molecule has 1 amide bonds. The first kappa shape index (κ1) is 42.8. The second kappa shape index (κ2) is 15.8. The monoisotopic (exact) mass is 837 g/mol. The molecule has 3 aliphatic carbocycles. The van der Waals surface area contributed by atoms with Gasteiger partial charge in [-0.15, -0.1) is 0 Å². The van der Waals surface area contributed by atoms with Crippen LogP contribution in [0, 0.1) is 22.7 Å². The van der Waals surface area contributed by atoms with E-state index in [1.165, 1.54) is 6.92 Å². The van der Waals surface area contributed by atoms with E-state index in [1.54, 1.807) is 112 Å². The molecular formula is C48H55NO12. The minimum Gasteiger partial charge on any atom is -0.458 e. The zero-order valence-corrected chi connectivity index (χ0v) is 35.5. The van der Waals surface area contributed by atoms with E-state index in [0.717, 1.165) is 0 Å². The highest BCUT2D eigenvalue weighted by molar-refractivity contribution is 5.95. The molecule has 2 bridgehead atoms. The van der Waals surface area contributed by atoms with Crippen LogP contribution in [0.15, 0.2) is 102 Å². The maximum absolute atomic E-state index is 14.4. The summed E-state index contributed by atoms with van der Waals surface area (Å²) >= 11 is 0. The number of nitrogens with one attached hydrogen (secondary N) is 1. The Morgan fingerprint density at radius 1 is 0.803 bits per heavy atom. The smallest absolute Gasteiger partial charge is 0.338 e. The predicted octanol–water partition coefficient (Wildman–Crippen LogP) is 5.64. The minimum atomic E-state index is -1.86. The van der Waals surface area contributed by atoms with E-state index in [4.69, 9.17) is 28.4 Å². The number of hydrogen-bond donors (Lipinski definition) is 3. The normalized spacial score (nSPS) is 34.0. The Kier molecular flexibility index (Phi) is 11.1. The van der Waals surface area contributed by atoms with Crippen LogP contribution in [0.3, 0.4) is 0 Å². The molecule has 13 nitrogen and oxygen atoms in total. The van der Waals surface area contributed by atoms with Crippen molar-refractivity contribution >= 4 is 23.8 Å². The minimum absolute atomic E-state index is 0.00484. The van der Waals surface area contributed by atoms with Gasteiger partial charge in [0.15, 0.2) is 17.5 Å². The fourth-order valence-corrected chi connectivity index (χ4v) is 11.2. The van der Waals surface area contributed by atoms with Gasteiger partial charge in [0.2, 0.25) is 0 Å². The first-order chi connectivity index (χ1) is 28.9. The van der Waals surface area contributed by atoms with Crippen LogP contribution in [0.2, 0.25) is 0 Å². The van der Waals surface area contributed by atoms with Crippen LogP contribution < -0.4 is 5.32 Å². The lowest BCUT2D eigenvalue weighted by Gasteiger charge is -2.70. The summed E-state index contributed by atoms with van der Waals surface area (Å²) in [5.41, 5.74) is -1.19. The number of aliphatic hydroxyl groups excluding tert-OH is 2. The zero-order chi connectivity index (χ0) is 43.6. The first-order valence-electron chi connectivity index (χ1n) is 21.0. The Morgan fingerprint density at radius 3 is 2.00 bits per heavy atom. The third kappa shape index (κ3) is 7.27. The van der Waals surface area contributed by atoms with Crippen molar-refractivity contribution in [3.05, 3.63) is 119 Å². The van der Waals surface area contributed by atoms with Crippen LogP contribution in [0.4, 0.5) is 0 Å². The number of amides is 1. The van der Waals surface area contributed by atoms with Crippen LogP contribution >= 0.6 is 0 Å². The molecule has 4 fully saturated rings. The molecule has 5 aliphatic rings. The number of rotatable bonds is 9. The van der Waals surface area contributed by atoms with E-state index in [1.807, 2.05) is 20.8 Å². The predicted molar refractivity (Wildman–Crippen MR) is 219 cm³/mol. The molecule has 324 valence electrons. The molecule has 0 unspecified atom stereocenters. The van der Waals surface area contributed by atoms with Crippen molar-refractivity contribution in [3.63, 3.8) is 0 Å². The molecule has 13 heteroatoms. The highest BCUT2D eigenvalue weighted by Crippen LogP contribution is 2.66. The average molecular weight is 838 g/mol. The third-order valence-electron chi connectivity index (χ3n) is 14.0. The van der Waals surface area contributed by atoms with Gasteiger partial charge in [0.05, 0.1) is 36.3 Å². The van der Waals surface area contributed by atoms with Crippen LogP contribution in [-0.4, -0.2) is 94.8 Å². The van der Waals surface area contributed by atoms with E-state index in [0.29, 0.717) is 34.3 Å². The van der Waals surface area contributed by atoms with Crippen molar-refractivity contribution in [2.45, 2.75) is 121 Å². The van der Waals surface area contributed by atoms with Gasteiger partial charge in [-0.05, 0) is 73.6 Å². The van der Waals surface area contributed by atoms with Gasteiger partial charge in [0.25, 0.3) is 5.91 Å². The molecule has 2 aliphatic heterocycles. The van der Waals surface area contributed by atoms with Gasteiger partial charge in [-0.3, -0.25) is 9.59 Å². The summed E-state index contributed by atoms with van der Waals surface area (Å²) in [5.74, 6) is -5.39. The maximum atomic E-state index is 14.4. The van der Waals surface area contributed by atoms with Crippen molar-refractivity contribution in [1.29, 1.82) is 0 Å². The van der Waals surface area contributed by atoms with Crippen molar-refractivity contribution in [3.8, 4) is 0 Å². The fourth-order valence-electron chi connectivity index (χ4n) is 11.2. The van der Waals surface area contributed by atoms with Crippen LogP contribution in [-0.2, 0) is 38.0 Å². The summed E-state index contributed by atoms with van der Waals surface area (Å²) < 4.78 is 39.1. The molecule has 2 heterocycles. The van der Waals surface area contributed by atoms with Crippen LogP contribution in [0.1, 0.15) is 93.6 Å². The highest BCUT2D eigenvalue weighted by Gasteiger charge is 2.77. The summed E-state index contributed by atoms with van der Waals surface area (Å²) in [5, 5.41) is 27.6. The Labute approximate surface area is 355 Å². The molecule has 3 aromatic rings. The molecular weight excluding hydrogens is 783 g/mol. The number of carbonyl (C=O) groups excluding carboxylic acids is 4. The molecule has 61 heavy (non-hydrogen) atoms. The molecule has 0 spiro atoms. The van der Waals surface area contributed by atoms with Crippen molar-refractivity contribution in [2.75, 3.05) is 6.61 Å². The summed E-state index contributed by atoms with van der Waals surface area (Å²) in [6, 6.07) is 24.5. The molecule has 12 atom stereocenters. The molecule has 3 N–H and O–H groups in total. The van der Waals surface area contributed by atoms with Gasteiger partial charge in [0, 0.05) is 30.2 Å². The van der Waals surface area contributed by atoms with Crippen molar-refractivity contribution in [2.24, 2.45) is 22.7 Å². The molecule has 0 aromatic heterocycles. The topological polar surface area (TPSA) is 176 Å². The van der Waals surface area contributed by atoms with E-state index >= 15 is 0 Å². The Hall–Kier alpha value is -4.92.